The van der Waals surface area contributed by atoms with Gasteiger partial charge in [-0.05, 0) is 38.6 Å². The van der Waals surface area contributed by atoms with Gasteiger partial charge in [0.05, 0.1) is 30.1 Å². The summed E-state index contributed by atoms with van der Waals surface area (Å²) >= 11 is 0. The van der Waals surface area contributed by atoms with Crippen LogP contribution in [0.25, 0.3) is 0 Å². The molecular formula is C24H36N2O11. The summed E-state index contributed by atoms with van der Waals surface area (Å²) in [6, 6.07) is 4.72. The fourth-order valence-corrected chi connectivity index (χ4v) is 2.89. The number of esters is 2. The highest BCUT2D eigenvalue weighted by molar-refractivity contribution is 6.06. The van der Waals surface area contributed by atoms with Crippen LogP contribution in [0.4, 0.5) is 5.69 Å². The zero-order valence-corrected chi connectivity index (χ0v) is 21.4. The summed E-state index contributed by atoms with van der Waals surface area (Å²) in [5.74, 6) is -6.18. The molecule has 0 aromatic heterocycles. The van der Waals surface area contributed by atoms with E-state index in [4.69, 9.17) is 35.6 Å². The predicted molar refractivity (Wildman–Crippen MR) is 131 cm³/mol. The van der Waals surface area contributed by atoms with Crippen molar-refractivity contribution in [3.63, 3.8) is 0 Å². The van der Waals surface area contributed by atoms with Crippen molar-refractivity contribution in [1.82, 2.24) is 4.90 Å². The second-order valence-corrected chi connectivity index (χ2v) is 8.03. The number of carboxylic acid groups (broad SMARTS) is 3. The number of likely N-dealkylation sites (N-methyl/N-ethyl adjacent to an activating group) is 1. The van der Waals surface area contributed by atoms with Crippen molar-refractivity contribution in [2.45, 2.75) is 58.7 Å². The molecule has 6 N–H and O–H groups in total. The smallest absolute Gasteiger partial charge is 0.341 e. The van der Waals surface area contributed by atoms with Crippen LogP contribution in [0.3, 0.4) is 0 Å². The number of hydrogen-bond donors (Lipinski definition) is 5. The van der Waals surface area contributed by atoms with Gasteiger partial charge in [-0.15, -0.1) is 0 Å². The fourth-order valence-electron chi connectivity index (χ4n) is 2.89. The van der Waals surface area contributed by atoms with Crippen LogP contribution in [-0.2, 0) is 23.9 Å². The third kappa shape index (κ3) is 11.7. The van der Waals surface area contributed by atoms with E-state index in [1.165, 1.54) is 6.07 Å². The van der Waals surface area contributed by atoms with Crippen molar-refractivity contribution < 1.29 is 53.9 Å². The minimum absolute atomic E-state index is 0.0744. The highest BCUT2D eigenvalue weighted by atomic mass is 16.5. The van der Waals surface area contributed by atoms with Crippen LogP contribution in [0, 0.1) is 0 Å². The zero-order valence-electron chi connectivity index (χ0n) is 21.4. The molecule has 0 aliphatic carbocycles. The maximum absolute atomic E-state index is 12.4. The number of rotatable bonds is 14. The Bertz CT molecular complexity index is 929. The van der Waals surface area contributed by atoms with Crippen LogP contribution >= 0.6 is 0 Å². The van der Waals surface area contributed by atoms with Gasteiger partial charge in [0.1, 0.15) is 6.61 Å². The summed E-state index contributed by atoms with van der Waals surface area (Å²) in [6.45, 7) is 10.5. The molecule has 0 aliphatic rings. The van der Waals surface area contributed by atoms with Gasteiger partial charge in [0, 0.05) is 12.2 Å². The van der Waals surface area contributed by atoms with Crippen molar-refractivity contribution in [2.75, 3.05) is 32.0 Å². The number of aliphatic carboxylic acids is 3. The molecule has 0 saturated heterocycles. The molecule has 0 heterocycles. The molecule has 1 rings (SSSR count). The summed E-state index contributed by atoms with van der Waals surface area (Å²) in [4.78, 5) is 57.3. The quantitative estimate of drug-likeness (QED) is 0.171. The van der Waals surface area contributed by atoms with E-state index < -0.39 is 48.3 Å². The second-order valence-electron chi connectivity index (χ2n) is 8.03. The summed E-state index contributed by atoms with van der Waals surface area (Å²) < 4.78 is 10.6. The van der Waals surface area contributed by atoms with Crippen LogP contribution in [0.1, 0.15) is 67.7 Å². The summed E-state index contributed by atoms with van der Waals surface area (Å²) in [5.41, 5.74) is 3.58. The van der Waals surface area contributed by atoms with E-state index in [1.807, 2.05) is 20.8 Å². The van der Waals surface area contributed by atoms with E-state index in [0.717, 1.165) is 13.1 Å². The number of anilines is 1. The Kier molecular flexibility index (Phi) is 14.5. The SMILES string of the molecule is CCC(C)OC(=O)c1cccc(N)c1C(=O)OCCN(CC)CC.O=C(O)CC(O)(CC(=O)O)C(=O)O. The lowest BCUT2D eigenvalue weighted by atomic mass is 9.96. The highest BCUT2D eigenvalue weighted by Gasteiger charge is 2.40. The standard InChI is InChI=1S/C18H28N2O4.C6H8O7/c1-5-13(4)24-17(21)14-9-8-10-15(19)16(14)18(22)23-12-11-20(6-2)7-3;7-3(8)1-6(13,5(11)12)2-4(9)10/h8-10,13H,5-7,11-12,19H2,1-4H3;13H,1-2H2,(H,7,8)(H,9,10)(H,11,12). The van der Waals surface area contributed by atoms with Gasteiger partial charge in [-0.2, -0.15) is 0 Å². The molecule has 13 nitrogen and oxygen atoms in total. The molecule has 1 aromatic rings. The van der Waals surface area contributed by atoms with Crippen LogP contribution in [0.2, 0.25) is 0 Å². The number of nitrogens with two attached hydrogens (primary N) is 1. The molecule has 1 atom stereocenters. The van der Waals surface area contributed by atoms with E-state index in [-0.39, 0.29) is 29.5 Å². The molecule has 0 radical (unpaired) electrons. The zero-order chi connectivity index (χ0) is 28.8. The highest BCUT2D eigenvalue weighted by Crippen LogP contribution is 2.20. The normalized spacial score (nSPS) is 11.6. The lowest BCUT2D eigenvalue weighted by molar-refractivity contribution is -0.170. The monoisotopic (exact) mass is 528 g/mol. The number of aliphatic hydroxyl groups is 1. The largest absolute Gasteiger partial charge is 0.481 e. The summed E-state index contributed by atoms with van der Waals surface area (Å²) in [5, 5.41) is 33.8. The molecule has 37 heavy (non-hydrogen) atoms. The van der Waals surface area contributed by atoms with E-state index in [9.17, 15) is 24.0 Å². The third-order valence-corrected chi connectivity index (χ3v) is 5.22. The van der Waals surface area contributed by atoms with E-state index >= 15 is 0 Å². The molecule has 1 aromatic carbocycles. The predicted octanol–water partition coefficient (Wildman–Crippen LogP) is 1.47. The van der Waals surface area contributed by atoms with Crippen LogP contribution in [0.15, 0.2) is 18.2 Å². The minimum atomic E-state index is -2.74. The average Bonchev–Trinajstić information content (AvgIpc) is 2.80. The first-order valence-corrected chi connectivity index (χ1v) is 11.6. The van der Waals surface area contributed by atoms with Crippen molar-refractivity contribution in [3.05, 3.63) is 29.3 Å². The van der Waals surface area contributed by atoms with Crippen molar-refractivity contribution >= 4 is 35.5 Å². The molecule has 208 valence electrons. The molecule has 0 saturated carbocycles. The van der Waals surface area contributed by atoms with Crippen molar-refractivity contribution in [1.29, 1.82) is 0 Å². The first kappa shape index (κ1) is 33.3. The van der Waals surface area contributed by atoms with Crippen molar-refractivity contribution in [2.24, 2.45) is 0 Å². The van der Waals surface area contributed by atoms with Gasteiger partial charge in [0.15, 0.2) is 5.60 Å². The lowest BCUT2D eigenvalue weighted by Gasteiger charge is -2.18. The molecule has 13 heteroatoms. The lowest BCUT2D eigenvalue weighted by Crippen LogP contribution is -2.42. The Hall–Kier alpha value is -3.71. The number of nitrogen functional groups attached to an aromatic ring is 1. The number of carbonyl (C=O) groups excluding carboxylic acids is 2. The van der Waals surface area contributed by atoms with Gasteiger partial charge in [-0.3, -0.25) is 9.59 Å². The van der Waals surface area contributed by atoms with Crippen molar-refractivity contribution in [3.8, 4) is 0 Å². The third-order valence-electron chi connectivity index (χ3n) is 5.22. The topological polar surface area (TPSA) is 214 Å². The molecular weight excluding hydrogens is 492 g/mol. The Morgan fingerprint density at radius 2 is 1.51 bits per heavy atom. The van der Waals surface area contributed by atoms with Gasteiger partial charge in [0.25, 0.3) is 0 Å². The number of nitrogens with zero attached hydrogens (tertiary/aromatic N) is 1. The van der Waals surface area contributed by atoms with E-state index in [0.29, 0.717) is 13.0 Å². The Morgan fingerprint density at radius 1 is 0.973 bits per heavy atom. The Balaban J connectivity index is 0.000000845. The van der Waals surface area contributed by atoms with E-state index in [2.05, 4.69) is 4.90 Å². The van der Waals surface area contributed by atoms with Crippen LogP contribution in [0.5, 0.6) is 0 Å². The second kappa shape index (κ2) is 16.1. The number of hydrogen-bond acceptors (Lipinski definition) is 10. The van der Waals surface area contributed by atoms with Gasteiger partial charge in [-0.1, -0.05) is 26.8 Å². The number of ether oxygens (including phenoxy) is 2. The maximum atomic E-state index is 12.4. The Labute approximate surface area is 214 Å². The molecule has 0 spiro atoms. The fraction of sp³-hybridized carbons (Fsp3) is 0.542. The number of carboxylic acids is 3. The van der Waals surface area contributed by atoms with Crippen LogP contribution < -0.4 is 5.73 Å². The van der Waals surface area contributed by atoms with Gasteiger partial charge in [0.2, 0.25) is 0 Å². The van der Waals surface area contributed by atoms with Gasteiger partial charge < -0.3 is 40.5 Å². The number of carbonyl (C=O) groups is 5. The molecule has 0 fully saturated rings. The summed E-state index contributed by atoms with van der Waals surface area (Å²) in [7, 11) is 0. The molecule has 1 unspecified atom stereocenters. The average molecular weight is 529 g/mol. The van der Waals surface area contributed by atoms with Gasteiger partial charge >= 0.3 is 29.8 Å². The molecule has 0 aliphatic heterocycles. The Morgan fingerprint density at radius 3 is 1.95 bits per heavy atom. The van der Waals surface area contributed by atoms with Gasteiger partial charge in [-0.25, -0.2) is 14.4 Å². The van der Waals surface area contributed by atoms with Crippen LogP contribution in [-0.4, -0.2) is 93.1 Å². The number of benzene rings is 1. The summed E-state index contributed by atoms with van der Waals surface area (Å²) in [6.07, 6.45) is -1.83. The molecule has 0 bridgehead atoms. The van der Waals surface area contributed by atoms with E-state index in [1.54, 1.807) is 19.1 Å². The maximum Gasteiger partial charge on any atom is 0.341 e. The molecule has 0 amide bonds. The first-order chi connectivity index (χ1) is 17.2. The first-order valence-electron chi connectivity index (χ1n) is 11.6. The minimum Gasteiger partial charge on any atom is -0.481 e.